The Labute approximate surface area is 69.8 Å². The SMILES string of the molecule is CCC(C)CN1CC[C@H](N)C1. The lowest BCUT2D eigenvalue weighted by Crippen LogP contribution is -2.29. The molecule has 1 aliphatic rings. The molecule has 1 rings (SSSR count). The Balaban J connectivity index is 2.17. The Kier molecular flexibility index (Phi) is 3.34. The summed E-state index contributed by atoms with van der Waals surface area (Å²) in [6, 6.07) is 0.444. The number of nitrogens with two attached hydrogens (primary N) is 1. The summed E-state index contributed by atoms with van der Waals surface area (Å²) < 4.78 is 0. The van der Waals surface area contributed by atoms with Crippen LogP contribution in [-0.2, 0) is 0 Å². The van der Waals surface area contributed by atoms with E-state index >= 15 is 0 Å². The van der Waals surface area contributed by atoms with Gasteiger partial charge in [0.2, 0.25) is 0 Å². The number of nitrogens with zero attached hydrogens (tertiary/aromatic N) is 1. The van der Waals surface area contributed by atoms with Gasteiger partial charge in [0, 0.05) is 19.1 Å². The standard InChI is InChI=1S/C9H20N2/c1-3-8(2)6-11-5-4-9(10)7-11/h8-9H,3-7,10H2,1-2H3/t8?,9-/m0/s1. The predicted octanol–water partition coefficient (Wildman–Crippen LogP) is 1.07. The number of hydrogen-bond donors (Lipinski definition) is 1. The molecule has 0 aromatic heterocycles. The molecular formula is C9H20N2. The lowest BCUT2D eigenvalue weighted by Gasteiger charge is -2.18. The minimum Gasteiger partial charge on any atom is -0.326 e. The Bertz CT molecular complexity index is 114. The molecule has 0 bridgehead atoms. The average molecular weight is 156 g/mol. The molecule has 2 atom stereocenters. The minimum absolute atomic E-state index is 0.444. The maximum Gasteiger partial charge on any atom is 0.0180 e. The summed E-state index contributed by atoms with van der Waals surface area (Å²) >= 11 is 0. The first-order valence-electron chi connectivity index (χ1n) is 4.70. The molecule has 2 heteroatoms. The molecule has 66 valence electrons. The van der Waals surface area contributed by atoms with Gasteiger partial charge in [-0.3, -0.25) is 0 Å². The zero-order chi connectivity index (χ0) is 8.27. The molecule has 0 radical (unpaired) electrons. The zero-order valence-corrected chi connectivity index (χ0v) is 7.71. The van der Waals surface area contributed by atoms with Crippen molar-refractivity contribution in [2.45, 2.75) is 32.7 Å². The third kappa shape index (κ3) is 2.80. The lowest BCUT2D eigenvalue weighted by atomic mass is 10.1. The number of likely N-dealkylation sites (tertiary alicyclic amines) is 1. The highest BCUT2D eigenvalue weighted by Crippen LogP contribution is 2.11. The van der Waals surface area contributed by atoms with E-state index in [4.69, 9.17) is 5.73 Å². The van der Waals surface area contributed by atoms with Crippen molar-refractivity contribution in [1.82, 2.24) is 4.90 Å². The van der Waals surface area contributed by atoms with Gasteiger partial charge in [0.25, 0.3) is 0 Å². The van der Waals surface area contributed by atoms with Gasteiger partial charge in [-0.05, 0) is 18.9 Å². The highest BCUT2D eigenvalue weighted by Gasteiger charge is 2.19. The Morgan fingerprint density at radius 2 is 2.36 bits per heavy atom. The second kappa shape index (κ2) is 4.07. The highest BCUT2D eigenvalue weighted by atomic mass is 15.2. The average Bonchev–Trinajstić information content (AvgIpc) is 2.35. The van der Waals surface area contributed by atoms with Crippen LogP contribution in [0.15, 0.2) is 0 Å². The van der Waals surface area contributed by atoms with Gasteiger partial charge >= 0.3 is 0 Å². The topological polar surface area (TPSA) is 29.3 Å². The summed E-state index contributed by atoms with van der Waals surface area (Å²) in [6.07, 6.45) is 2.47. The Morgan fingerprint density at radius 3 is 2.82 bits per heavy atom. The molecule has 11 heavy (non-hydrogen) atoms. The monoisotopic (exact) mass is 156 g/mol. The van der Waals surface area contributed by atoms with Crippen LogP contribution in [0.25, 0.3) is 0 Å². The van der Waals surface area contributed by atoms with E-state index in [0.29, 0.717) is 6.04 Å². The van der Waals surface area contributed by atoms with Gasteiger partial charge < -0.3 is 10.6 Å². The zero-order valence-electron chi connectivity index (χ0n) is 7.71. The van der Waals surface area contributed by atoms with Crippen LogP contribution in [-0.4, -0.2) is 30.6 Å². The summed E-state index contributed by atoms with van der Waals surface area (Å²) in [7, 11) is 0. The van der Waals surface area contributed by atoms with Gasteiger partial charge in [0.15, 0.2) is 0 Å². The second-order valence-corrected chi connectivity index (χ2v) is 3.82. The van der Waals surface area contributed by atoms with Crippen LogP contribution in [0.2, 0.25) is 0 Å². The number of hydrogen-bond acceptors (Lipinski definition) is 2. The van der Waals surface area contributed by atoms with Crippen LogP contribution in [0.3, 0.4) is 0 Å². The van der Waals surface area contributed by atoms with Gasteiger partial charge in [0.05, 0.1) is 0 Å². The second-order valence-electron chi connectivity index (χ2n) is 3.82. The van der Waals surface area contributed by atoms with E-state index in [2.05, 4.69) is 18.7 Å². The van der Waals surface area contributed by atoms with Crippen molar-refractivity contribution in [3.05, 3.63) is 0 Å². The van der Waals surface area contributed by atoms with Crippen molar-refractivity contribution >= 4 is 0 Å². The molecule has 0 amide bonds. The van der Waals surface area contributed by atoms with Gasteiger partial charge in [-0.1, -0.05) is 20.3 Å². The molecular weight excluding hydrogens is 136 g/mol. The smallest absolute Gasteiger partial charge is 0.0180 e. The van der Waals surface area contributed by atoms with Crippen LogP contribution in [0, 0.1) is 5.92 Å². The molecule has 1 fully saturated rings. The van der Waals surface area contributed by atoms with Crippen LogP contribution in [0.4, 0.5) is 0 Å². The predicted molar refractivity (Wildman–Crippen MR) is 48.5 cm³/mol. The quantitative estimate of drug-likeness (QED) is 0.662. The fraction of sp³-hybridized carbons (Fsp3) is 1.00. The number of rotatable bonds is 3. The van der Waals surface area contributed by atoms with Crippen LogP contribution in [0.1, 0.15) is 26.7 Å². The van der Waals surface area contributed by atoms with E-state index < -0.39 is 0 Å². The van der Waals surface area contributed by atoms with Crippen molar-refractivity contribution in [2.24, 2.45) is 11.7 Å². The van der Waals surface area contributed by atoms with Gasteiger partial charge in [-0.2, -0.15) is 0 Å². The van der Waals surface area contributed by atoms with Crippen LogP contribution < -0.4 is 5.73 Å². The molecule has 0 aliphatic carbocycles. The molecule has 0 spiro atoms. The Morgan fingerprint density at radius 1 is 1.64 bits per heavy atom. The maximum absolute atomic E-state index is 5.80. The minimum atomic E-state index is 0.444. The highest BCUT2D eigenvalue weighted by molar-refractivity contribution is 4.78. The van der Waals surface area contributed by atoms with Crippen molar-refractivity contribution in [1.29, 1.82) is 0 Å². The van der Waals surface area contributed by atoms with E-state index in [-0.39, 0.29) is 0 Å². The fourth-order valence-electron chi connectivity index (χ4n) is 1.60. The van der Waals surface area contributed by atoms with Crippen LogP contribution >= 0.6 is 0 Å². The molecule has 1 unspecified atom stereocenters. The van der Waals surface area contributed by atoms with E-state index in [1.807, 2.05) is 0 Å². The third-order valence-electron chi connectivity index (χ3n) is 2.58. The van der Waals surface area contributed by atoms with Crippen molar-refractivity contribution in [2.75, 3.05) is 19.6 Å². The van der Waals surface area contributed by atoms with E-state index in [9.17, 15) is 0 Å². The van der Waals surface area contributed by atoms with Gasteiger partial charge in [-0.15, -0.1) is 0 Å². The fourth-order valence-corrected chi connectivity index (χ4v) is 1.60. The molecule has 0 saturated carbocycles. The molecule has 0 aromatic carbocycles. The van der Waals surface area contributed by atoms with Gasteiger partial charge in [-0.25, -0.2) is 0 Å². The third-order valence-corrected chi connectivity index (χ3v) is 2.58. The normalized spacial score (nSPS) is 29.2. The van der Waals surface area contributed by atoms with Crippen molar-refractivity contribution in [3.8, 4) is 0 Å². The maximum atomic E-state index is 5.80. The molecule has 2 nitrogen and oxygen atoms in total. The summed E-state index contributed by atoms with van der Waals surface area (Å²) in [4.78, 5) is 2.48. The summed E-state index contributed by atoms with van der Waals surface area (Å²) in [5.74, 6) is 0.834. The first kappa shape index (κ1) is 9.01. The summed E-state index contributed by atoms with van der Waals surface area (Å²) in [5, 5.41) is 0. The Hall–Kier alpha value is -0.0800. The summed E-state index contributed by atoms with van der Waals surface area (Å²) in [6.45, 7) is 8.13. The molecule has 1 heterocycles. The van der Waals surface area contributed by atoms with Crippen molar-refractivity contribution < 1.29 is 0 Å². The van der Waals surface area contributed by atoms with E-state index in [1.54, 1.807) is 0 Å². The molecule has 2 N–H and O–H groups in total. The molecule has 0 aromatic rings. The lowest BCUT2D eigenvalue weighted by molar-refractivity contribution is 0.281. The van der Waals surface area contributed by atoms with Crippen molar-refractivity contribution in [3.63, 3.8) is 0 Å². The summed E-state index contributed by atoms with van der Waals surface area (Å²) in [5.41, 5.74) is 5.80. The largest absolute Gasteiger partial charge is 0.326 e. The first-order valence-corrected chi connectivity index (χ1v) is 4.70. The van der Waals surface area contributed by atoms with Crippen LogP contribution in [0.5, 0.6) is 0 Å². The first-order chi connectivity index (χ1) is 5.22. The molecule has 1 aliphatic heterocycles. The molecule has 1 saturated heterocycles. The van der Waals surface area contributed by atoms with Gasteiger partial charge in [0.1, 0.15) is 0 Å². The van der Waals surface area contributed by atoms with E-state index in [0.717, 1.165) is 12.5 Å². The van der Waals surface area contributed by atoms with E-state index in [1.165, 1.54) is 25.9 Å².